The first-order chi connectivity index (χ1) is 9.17. The molecule has 4 heteroatoms. The van der Waals surface area contributed by atoms with Crippen LogP contribution in [-0.4, -0.2) is 10.9 Å². The van der Waals surface area contributed by atoms with Gasteiger partial charge in [0.2, 0.25) is 0 Å². The Morgan fingerprint density at radius 1 is 1.05 bits per heavy atom. The number of alkyl halides is 1. The van der Waals surface area contributed by atoms with Crippen molar-refractivity contribution in [2.75, 3.05) is 5.88 Å². The van der Waals surface area contributed by atoms with E-state index in [-0.39, 0.29) is 0 Å². The summed E-state index contributed by atoms with van der Waals surface area (Å²) in [4.78, 5) is 4.40. The van der Waals surface area contributed by atoms with Crippen LogP contribution in [0.3, 0.4) is 0 Å². The van der Waals surface area contributed by atoms with Crippen molar-refractivity contribution in [1.29, 1.82) is 0 Å². The summed E-state index contributed by atoms with van der Waals surface area (Å²) in [6, 6.07) is 12.0. The normalized spacial score (nSPS) is 12.4. The standard InChI is InChI=1S/C15H14BrCl2N/c16-13-3-6-15(19-10-13)8-12(9-17)7-11-1-4-14(18)5-2-11/h1-6,10,12H,7-9H2. The Kier molecular flexibility index (Phi) is 5.68. The molecule has 0 aliphatic carbocycles. The Morgan fingerprint density at radius 2 is 1.79 bits per heavy atom. The predicted molar refractivity (Wildman–Crippen MR) is 85.0 cm³/mol. The Balaban J connectivity index is 2.00. The molecule has 1 atom stereocenters. The number of hydrogen-bond acceptors (Lipinski definition) is 1. The molecular weight excluding hydrogens is 345 g/mol. The molecule has 1 aromatic carbocycles. The zero-order valence-corrected chi connectivity index (χ0v) is 13.4. The van der Waals surface area contributed by atoms with Crippen LogP contribution in [0.15, 0.2) is 47.1 Å². The molecule has 1 aromatic heterocycles. The van der Waals surface area contributed by atoms with Crippen LogP contribution in [0, 0.1) is 5.92 Å². The van der Waals surface area contributed by atoms with Crippen LogP contribution in [0.2, 0.25) is 5.02 Å². The number of pyridine rings is 1. The Morgan fingerprint density at radius 3 is 2.37 bits per heavy atom. The van der Waals surface area contributed by atoms with Crippen molar-refractivity contribution in [2.45, 2.75) is 12.8 Å². The van der Waals surface area contributed by atoms with E-state index in [2.05, 4.69) is 33.0 Å². The summed E-state index contributed by atoms with van der Waals surface area (Å²) in [6.07, 6.45) is 3.65. The fraction of sp³-hybridized carbons (Fsp3) is 0.267. The Labute approximate surface area is 132 Å². The van der Waals surface area contributed by atoms with Crippen LogP contribution in [-0.2, 0) is 12.8 Å². The van der Waals surface area contributed by atoms with Gasteiger partial charge in [0.05, 0.1) is 0 Å². The van der Waals surface area contributed by atoms with E-state index < -0.39 is 0 Å². The molecule has 1 nitrogen and oxygen atoms in total. The number of rotatable bonds is 5. The van der Waals surface area contributed by atoms with Crippen molar-refractivity contribution >= 4 is 39.1 Å². The highest BCUT2D eigenvalue weighted by Crippen LogP contribution is 2.18. The second-order valence-electron chi connectivity index (χ2n) is 4.52. The molecule has 1 unspecified atom stereocenters. The number of nitrogens with zero attached hydrogens (tertiary/aromatic N) is 1. The van der Waals surface area contributed by atoms with Crippen LogP contribution in [0.5, 0.6) is 0 Å². The highest BCUT2D eigenvalue weighted by Gasteiger charge is 2.10. The van der Waals surface area contributed by atoms with Gasteiger partial charge >= 0.3 is 0 Å². The average molecular weight is 359 g/mol. The summed E-state index contributed by atoms with van der Waals surface area (Å²) in [5.41, 5.74) is 2.33. The largest absolute Gasteiger partial charge is 0.260 e. The van der Waals surface area contributed by atoms with Crippen molar-refractivity contribution in [3.05, 3.63) is 63.3 Å². The molecule has 0 amide bonds. The Bertz CT molecular complexity index is 463. The quantitative estimate of drug-likeness (QED) is 0.674. The molecule has 0 aliphatic rings. The minimum Gasteiger partial charge on any atom is -0.260 e. The first kappa shape index (κ1) is 14.8. The zero-order chi connectivity index (χ0) is 13.7. The molecule has 0 fully saturated rings. The summed E-state index contributed by atoms with van der Waals surface area (Å²) in [5, 5.41) is 0.765. The maximum absolute atomic E-state index is 6.07. The summed E-state index contributed by atoms with van der Waals surface area (Å²) < 4.78 is 0.997. The van der Waals surface area contributed by atoms with E-state index in [0.29, 0.717) is 11.8 Å². The van der Waals surface area contributed by atoms with E-state index >= 15 is 0 Å². The molecule has 0 aliphatic heterocycles. The Hall–Kier alpha value is -0.570. The highest BCUT2D eigenvalue weighted by atomic mass is 79.9. The first-order valence-electron chi connectivity index (χ1n) is 6.08. The van der Waals surface area contributed by atoms with Crippen LogP contribution in [0.4, 0.5) is 0 Å². The van der Waals surface area contributed by atoms with Crippen molar-refractivity contribution in [2.24, 2.45) is 5.92 Å². The molecule has 0 saturated heterocycles. The number of aromatic nitrogens is 1. The number of benzene rings is 1. The van der Waals surface area contributed by atoms with Crippen LogP contribution in [0.25, 0.3) is 0 Å². The fourth-order valence-electron chi connectivity index (χ4n) is 1.96. The van der Waals surface area contributed by atoms with Gasteiger partial charge < -0.3 is 0 Å². The van der Waals surface area contributed by atoms with Crippen molar-refractivity contribution in [3.8, 4) is 0 Å². The molecule has 100 valence electrons. The van der Waals surface area contributed by atoms with E-state index in [1.54, 1.807) is 0 Å². The van der Waals surface area contributed by atoms with Gasteiger partial charge in [-0.1, -0.05) is 23.7 Å². The van der Waals surface area contributed by atoms with Gasteiger partial charge in [0.1, 0.15) is 0 Å². The second-order valence-corrected chi connectivity index (χ2v) is 6.18. The van der Waals surface area contributed by atoms with E-state index in [4.69, 9.17) is 23.2 Å². The number of hydrogen-bond donors (Lipinski definition) is 0. The molecule has 0 saturated carbocycles. The van der Waals surface area contributed by atoms with Crippen LogP contribution in [0.1, 0.15) is 11.3 Å². The van der Waals surface area contributed by atoms with Gasteiger partial charge in [-0.2, -0.15) is 0 Å². The fourth-order valence-corrected chi connectivity index (χ4v) is 2.54. The van der Waals surface area contributed by atoms with Gasteiger partial charge in [-0.25, -0.2) is 0 Å². The summed E-state index contributed by atoms with van der Waals surface area (Å²) >= 11 is 15.3. The molecular formula is C15H14BrCl2N. The topological polar surface area (TPSA) is 12.9 Å². The maximum atomic E-state index is 6.07. The number of halogens is 3. The molecule has 0 radical (unpaired) electrons. The van der Waals surface area contributed by atoms with E-state index in [1.165, 1.54) is 5.56 Å². The zero-order valence-electron chi connectivity index (χ0n) is 10.3. The molecule has 2 aromatic rings. The lowest BCUT2D eigenvalue weighted by Gasteiger charge is -2.13. The van der Waals surface area contributed by atoms with Gasteiger partial charge in [-0.3, -0.25) is 4.98 Å². The third-order valence-electron chi connectivity index (χ3n) is 2.94. The van der Waals surface area contributed by atoms with Crippen molar-refractivity contribution in [1.82, 2.24) is 4.98 Å². The van der Waals surface area contributed by atoms with Gasteiger partial charge in [0.25, 0.3) is 0 Å². The summed E-state index contributed by atoms with van der Waals surface area (Å²) in [7, 11) is 0. The monoisotopic (exact) mass is 357 g/mol. The van der Waals surface area contributed by atoms with Gasteiger partial charge in [-0.15, -0.1) is 11.6 Å². The third-order valence-corrected chi connectivity index (χ3v) is 4.10. The minimum absolute atomic E-state index is 0.386. The maximum Gasteiger partial charge on any atom is 0.0413 e. The lowest BCUT2D eigenvalue weighted by molar-refractivity contribution is 0.575. The van der Waals surface area contributed by atoms with E-state index in [9.17, 15) is 0 Å². The summed E-state index contributed by atoms with van der Waals surface area (Å²) in [6.45, 7) is 0. The first-order valence-corrected chi connectivity index (χ1v) is 7.79. The molecule has 0 spiro atoms. The van der Waals surface area contributed by atoms with Gasteiger partial charge in [0.15, 0.2) is 0 Å². The molecule has 19 heavy (non-hydrogen) atoms. The lowest BCUT2D eigenvalue weighted by atomic mass is 9.96. The van der Waals surface area contributed by atoms with Gasteiger partial charge in [-0.05, 0) is 64.5 Å². The predicted octanol–water partition coefficient (Wildman–Crippen LogP) is 5.14. The van der Waals surface area contributed by atoms with Crippen molar-refractivity contribution in [3.63, 3.8) is 0 Å². The molecule has 1 heterocycles. The average Bonchev–Trinajstić information content (AvgIpc) is 2.43. The van der Waals surface area contributed by atoms with Crippen molar-refractivity contribution < 1.29 is 0 Å². The minimum atomic E-state index is 0.386. The summed E-state index contributed by atoms with van der Waals surface area (Å²) in [5.74, 6) is 1.01. The second kappa shape index (κ2) is 7.28. The van der Waals surface area contributed by atoms with Crippen LogP contribution < -0.4 is 0 Å². The van der Waals surface area contributed by atoms with E-state index in [0.717, 1.165) is 28.0 Å². The third kappa shape index (κ3) is 4.79. The molecule has 2 rings (SSSR count). The van der Waals surface area contributed by atoms with Crippen LogP contribution >= 0.6 is 39.1 Å². The van der Waals surface area contributed by atoms with E-state index in [1.807, 2.05) is 30.5 Å². The smallest absolute Gasteiger partial charge is 0.0413 e. The highest BCUT2D eigenvalue weighted by molar-refractivity contribution is 9.10. The lowest BCUT2D eigenvalue weighted by Crippen LogP contribution is -2.11. The molecule has 0 N–H and O–H groups in total. The molecule has 0 bridgehead atoms. The SMILES string of the molecule is ClCC(Cc1ccc(Cl)cc1)Cc1ccc(Br)cn1. The van der Waals surface area contributed by atoms with Gasteiger partial charge in [0, 0.05) is 27.3 Å².